The lowest BCUT2D eigenvalue weighted by atomic mass is 10.3. The lowest BCUT2D eigenvalue weighted by molar-refractivity contribution is -0.145. The van der Waals surface area contributed by atoms with Crippen LogP contribution in [0.2, 0.25) is 0 Å². The van der Waals surface area contributed by atoms with E-state index in [9.17, 15) is 14.0 Å². The fraction of sp³-hybridized carbons (Fsp3) is 0.333. The molecule has 6 heteroatoms. The van der Waals surface area contributed by atoms with E-state index in [2.05, 4.69) is 10.1 Å². The standard InChI is InChI=1S/C12H14FNO4/c1-3-17-12(16)7-18-11-6-9(13)4-5-10(11)14-8(2)15/h4-6H,3,7H2,1-2H3,(H,14,15). The molecule has 0 aliphatic carbocycles. The number of rotatable bonds is 5. The second kappa shape index (κ2) is 6.58. The Hall–Kier alpha value is -2.11. The first-order valence-electron chi connectivity index (χ1n) is 5.38. The summed E-state index contributed by atoms with van der Waals surface area (Å²) in [6.07, 6.45) is 0. The number of halogens is 1. The largest absolute Gasteiger partial charge is 0.480 e. The monoisotopic (exact) mass is 255 g/mol. The third-order valence-corrected chi connectivity index (χ3v) is 1.91. The number of anilines is 1. The van der Waals surface area contributed by atoms with Crippen LogP contribution in [0.5, 0.6) is 5.75 Å². The molecular weight excluding hydrogens is 241 g/mol. The first kappa shape index (κ1) is 14.0. The number of carbonyl (C=O) groups excluding carboxylic acids is 2. The van der Waals surface area contributed by atoms with Gasteiger partial charge < -0.3 is 14.8 Å². The zero-order valence-corrected chi connectivity index (χ0v) is 10.2. The normalized spacial score (nSPS) is 9.72. The molecule has 0 atom stereocenters. The molecule has 1 aromatic rings. The van der Waals surface area contributed by atoms with E-state index in [4.69, 9.17) is 4.74 Å². The molecule has 0 heterocycles. The molecule has 98 valence electrons. The van der Waals surface area contributed by atoms with Crippen molar-refractivity contribution in [3.05, 3.63) is 24.0 Å². The third-order valence-electron chi connectivity index (χ3n) is 1.91. The average Bonchev–Trinajstić information content (AvgIpc) is 2.29. The van der Waals surface area contributed by atoms with Gasteiger partial charge in [0.05, 0.1) is 12.3 Å². The average molecular weight is 255 g/mol. The second-order valence-electron chi connectivity index (χ2n) is 3.42. The number of hydrogen-bond donors (Lipinski definition) is 1. The summed E-state index contributed by atoms with van der Waals surface area (Å²) < 4.78 is 22.8. The zero-order valence-electron chi connectivity index (χ0n) is 10.2. The van der Waals surface area contributed by atoms with Gasteiger partial charge in [-0.2, -0.15) is 0 Å². The molecule has 0 bridgehead atoms. The van der Waals surface area contributed by atoms with Gasteiger partial charge in [-0.25, -0.2) is 9.18 Å². The van der Waals surface area contributed by atoms with Crippen molar-refractivity contribution in [1.29, 1.82) is 0 Å². The first-order chi connectivity index (χ1) is 8.52. The Morgan fingerprint density at radius 2 is 2.11 bits per heavy atom. The molecule has 1 rings (SSSR count). The van der Waals surface area contributed by atoms with Gasteiger partial charge in [0.25, 0.3) is 0 Å². The Morgan fingerprint density at radius 3 is 2.72 bits per heavy atom. The van der Waals surface area contributed by atoms with Crippen LogP contribution in [0.4, 0.5) is 10.1 Å². The van der Waals surface area contributed by atoms with E-state index >= 15 is 0 Å². The first-order valence-corrected chi connectivity index (χ1v) is 5.38. The maximum Gasteiger partial charge on any atom is 0.344 e. The molecule has 0 fully saturated rings. The number of esters is 1. The molecule has 0 saturated carbocycles. The number of carbonyl (C=O) groups is 2. The Balaban J connectivity index is 2.75. The van der Waals surface area contributed by atoms with Crippen molar-refractivity contribution in [2.75, 3.05) is 18.5 Å². The molecular formula is C12H14FNO4. The summed E-state index contributed by atoms with van der Waals surface area (Å²) in [6.45, 7) is 2.88. The lowest BCUT2D eigenvalue weighted by Crippen LogP contribution is -2.16. The van der Waals surface area contributed by atoms with Crippen LogP contribution < -0.4 is 10.1 Å². The van der Waals surface area contributed by atoms with E-state index < -0.39 is 11.8 Å². The number of amides is 1. The predicted octanol–water partition coefficient (Wildman–Crippen LogP) is 1.73. The van der Waals surface area contributed by atoms with Gasteiger partial charge in [-0.1, -0.05) is 0 Å². The van der Waals surface area contributed by atoms with Crippen LogP contribution in [-0.4, -0.2) is 25.1 Å². The molecule has 1 N–H and O–H groups in total. The minimum Gasteiger partial charge on any atom is -0.480 e. The SMILES string of the molecule is CCOC(=O)COc1cc(F)ccc1NC(C)=O. The van der Waals surface area contributed by atoms with Crippen LogP contribution in [0, 0.1) is 5.82 Å². The van der Waals surface area contributed by atoms with E-state index in [0.29, 0.717) is 5.69 Å². The van der Waals surface area contributed by atoms with E-state index in [1.807, 2.05) is 0 Å². The van der Waals surface area contributed by atoms with Gasteiger partial charge in [0.15, 0.2) is 6.61 Å². The molecule has 0 unspecified atom stereocenters. The fourth-order valence-corrected chi connectivity index (χ4v) is 1.25. The lowest BCUT2D eigenvalue weighted by Gasteiger charge is -2.11. The van der Waals surface area contributed by atoms with Crippen molar-refractivity contribution in [3.63, 3.8) is 0 Å². The fourth-order valence-electron chi connectivity index (χ4n) is 1.25. The van der Waals surface area contributed by atoms with E-state index in [1.54, 1.807) is 6.92 Å². The van der Waals surface area contributed by atoms with Crippen molar-refractivity contribution >= 4 is 17.6 Å². The molecule has 0 aliphatic rings. The van der Waals surface area contributed by atoms with Crippen LogP contribution >= 0.6 is 0 Å². The third kappa shape index (κ3) is 4.40. The Bertz CT molecular complexity index is 448. The van der Waals surface area contributed by atoms with Gasteiger partial charge in [0, 0.05) is 13.0 Å². The molecule has 5 nitrogen and oxygen atoms in total. The molecule has 1 aromatic carbocycles. The molecule has 0 aromatic heterocycles. The van der Waals surface area contributed by atoms with Gasteiger partial charge >= 0.3 is 5.97 Å². The summed E-state index contributed by atoms with van der Waals surface area (Å²) in [6, 6.07) is 3.63. The van der Waals surface area contributed by atoms with Crippen molar-refractivity contribution < 1.29 is 23.5 Å². The highest BCUT2D eigenvalue weighted by Gasteiger charge is 2.09. The van der Waals surface area contributed by atoms with Gasteiger partial charge in [-0.15, -0.1) is 0 Å². The van der Waals surface area contributed by atoms with Crippen LogP contribution in [0.25, 0.3) is 0 Å². The maximum atomic E-state index is 13.0. The highest BCUT2D eigenvalue weighted by molar-refractivity contribution is 5.90. The molecule has 0 radical (unpaired) electrons. The number of hydrogen-bond acceptors (Lipinski definition) is 4. The topological polar surface area (TPSA) is 64.6 Å². The Kier molecular flexibility index (Phi) is 5.10. The summed E-state index contributed by atoms with van der Waals surface area (Å²) in [4.78, 5) is 22.0. The van der Waals surface area contributed by atoms with Gasteiger partial charge in [0.1, 0.15) is 11.6 Å². The van der Waals surface area contributed by atoms with Crippen LogP contribution in [0.15, 0.2) is 18.2 Å². The Labute approximate surface area is 104 Å². The summed E-state index contributed by atoms with van der Waals surface area (Å²) in [5.74, 6) is -1.32. The second-order valence-corrected chi connectivity index (χ2v) is 3.42. The maximum absolute atomic E-state index is 13.0. The minimum absolute atomic E-state index is 0.0817. The van der Waals surface area contributed by atoms with Gasteiger partial charge in [-0.05, 0) is 19.1 Å². The van der Waals surface area contributed by atoms with Crippen molar-refractivity contribution in [3.8, 4) is 5.75 Å². The summed E-state index contributed by atoms with van der Waals surface area (Å²) in [7, 11) is 0. The van der Waals surface area contributed by atoms with Crippen molar-refractivity contribution in [2.45, 2.75) is 13.8 Å². The summed E-state index contributed by atoms with van der Waals surface area (Å²) >= 11 is 0. The minimum atomic E-state index is -0.560. The molecule has 0 aliphatic heterocycles. The summed E-state index contributed by atoms with van der Waals surface area (Å²) in [5.41, 5.74) is 0.299. The van der Waals surface area contributed by atoms with Crippen LogP contribution in [0.3, 0.4) is 0 Å². The van der Waals surface area contributed by atoms with E-state index in [-0.39, 0.29) is 24.9 Å². The van der Waals surface area contributed by atoms with Crippen LogP contribution in [0.1, 0.15) is 13.8 Å². The number of benzene rings is 1. The molecule has 0 saturated heterocycles. The number of nitrogens with one attached hydrogen (secondary N) is 1. The van der Waals surface area contributed by atoms with E-state index in [1.165, 1.54) is 19.1 Å². The summed E-state index contributed by atoms with van der Waals surface area (Å²) in [5, 5.41) is 2.47. The Morgan fingerprint density at radius 1 is 1.39 bits per heavy atom. The van der Waals surface area contributed by atoms with Crippen molar-refractivity contribution in [1.82, 2.24) is 0 Å². The van der Waals surface area contributed by atoms with Crippen molar-refractivity contribution in [2.24, 2.45) is 0 Å². The van der Waals surface area contributed by atoms with E-state index in [0.717, 1.165) is 6.07 Å². The smallest absolute Gasteiger partial charge is 0.344 e. The van der Waals surface area contributed by atoms with Gasteiger partial charge in [0.2, 0.25) is 5.91 Å². The predicted molar refractivity (Wildman–Crippen MR) is 62.8 cm³/mol. The molecule has 1 amide bonds. The molecule has 18 heavy (non-hydrogen) atoms. The highest BCUT2D eigenvalue weighted by Crippen LogP contribution is 2.25. The molecule has 0 spiro atoms. The quantitative estimate of drug-likeness (QED) is 0.814. The zero-order chi connectivity index (χ0) is 13.5. The van der Waals surface area contributed by atoms with Crippen LogP contribution in [-0.2, 0) is 14.3 Å². The highest BCUT2D eigenvalue weighted by atomic mass is 19.1. The number of ether oxygens (including phenoxy) is 2. The van der Waals surface area contributed by atoms with Gasteiger partial charge in [-0.3, -0.25) is 4.79 Å².